The van der Waals surface area contributed by atoms with Gasteiger partial charge in [-0.2, -0.15) is 0 Å². The van der Waals surface area contributed by atoms with E-state index in [1.807, 2.05) is 19.1 Å². The van der Waals surface area contributed by atoms with Gasteiger partial charge < -0.3 is 0 Å². The average Bonchev–Trinajstić information content (AvgIpc) is 3.01. The number of allylic oxidation sites excluding steroid dienone is 4. The summed E-state index contributed by atoms with van der Waals surface area (Å²) in [5, 5.41) is 0. The van der Waals surface area contributed by atoms with E-state index in [-0.39, 0.29) is 11.1 Å². The summed E-state index contributed by atoms with van der Waals surface area (Å²) in [6.45, 7) is 4.16. The summed E-state index contributed by atoms with van der Waals surface area (Å²) in [5.74, 6) is -2.79. The highest BCUT2D eigenvalue weighted by atomic mass is 19.2. The smallest absolute Gasteiger partial charge is 0.167 e. The molecule has 0 saturated carbocycles. The van der Waals surface area contributed by atoms with Crippen molar-refractivity contribution in [2.45, 2.75) is 97.3 Å². The molecular formula is C38H44F4. The van der Waals surface area contributed by atoms with Crippen LogP contribution in [0.5, 0.6) is 0 Å². The summed E-state index contributed by atoms with van der Waals surface area (Å²) >= 11 is 0. The van der Waals surface area contributed by atoms with Crippen molar-refractivity contribution in [2.75, 3.05) is 0 Å². The van der Waals surface area contributed by atoms with E-state index in [1.165, 1.54) is 44.9 Å². The fraction of sp³-hybridized carbons (Fsp3) is 0.421. The summed E-state index contributed by atoms with van der Waals surface area (Å²) in [6.07, 6.45) is 19.7. The molecule has 1 aliphatic rings. The van der Waals surface area contributed by atoms with Crippen LogP contribution in [-0.4, -0.2) is 0 Å². The van der Waals surface area contributed by atoms with Crippen LogP contribution in [0.15, 0.2) is 66.8 Å². The van der Waals surface area contributed by atoms with Crippen molar-refractivity contribution in [2.24, 2.45) is 5.92 Å². The molecule has 0 spiro atoms. The molecule has 4 heteroatoms. The van der Waals surface area contributed by atoms with Crippen LogP contribution in [0, 0.1) is 29.2 Å². The maximum absolute atomic E-state index is 15.3. The van der Waals surface area contributed by atoms with Gasteiger partial charge in [-0.25, -0.2) is 17.6 Å². The molecule has 42 heavy (non-hydrogen) atoms. The van der Waals surface area contributed by atoms with Gasteiger partial charge in [0.25, 0.3) is 0 Å². The Morgan fingerprint density at radius 3 is 1.93 bits per heavy atom. The van der Waals surface area contributed by atoms with Crippen LogP contribution in [-0.2, 0) is 6.42 Å². The second-order valence-corrected chi connectivity index (χ2v) is 11.7. The normalized spacial score (nSPS) is 15.4. The SMILES string of the molecule is CC=CCCCc1ccc(-c2ccc(-c3ccc(C4=CCC(CCCCCCCC)CC4)c(F)c3F)cc2)c(F)c1F. The maximum atomic E-state index is 15.3. The maximum Gasteiger partial charge on any atom is 0.167 e. The van der Waals surface area contributed by atoms with E-state index in [2.05, 4.69) is 13.0 Å². The van der Waals surface area contributed by atoms with Crippen LogP contribution in [0.1, 0.15) is 102 Å². The van der Waals surface area contributed by atoms with Crippen molar-refractivity contribution in [3.8, 4) is 22.3 Å². The van der Waals surface area contributed by atoms with E-state index in [9.17, 15) is 8.78 Å². The molecule has 0 heterocycles. The summed E-state index contributed by atoms with van der Waals surface area (Å²) < 4.78 is 60.2. The lowest BCUT2D eigenvalue weighted by Gasteiger charge is -2.23. The first-order valence-electron chi connectivity index (χ1n) is 15.8. The Hall–Kier alpha value is -3.14. The third-order valence-electron chi connectivity index (χ3n) is 8.64. The van der Waals surface area contributed by atoms with Gasteiger partial charge >= 0.3 is 0 Å². The molecule has 0 bridgehead atoms. The highest BCUT2D eigenvalue weighted by Gasteiger charge is 2.21. The molecule has 0 radical (unpaired) electrons. The quantitative estimate of drug-likeness (QED) is 0.102. The molecule has 0 nitrogen and oxygen atoms in total. The van der Waals surface area contributed by atoms with Crippen LogP contribution >= 0.6 is 0 Å². The molecule has 224 valence electrons. The summed E-state index contributed by atoms with van der Waals surface area (Å²) in [4.78, 5) is 0. The topological polar surface area (TPSA) is 0 Å². The molecule has 4 rings (SSSR count). The third-order valence-corrected chi connectivity index (χ3v) is 8.64. The molecular weight excluding hydrogens is 532 g/mol. The fourth-order valence-electron chi connectivity index (χ4n) is 6.04. The Morgan fingerprint density at radius 2 is 1.29 bits per heavy atom. The second-order valence-electron chi connectivity index (χ2n) is 11.7. The highest BCUT2D eigenvalue weighted by Crippen LogP contribution is 2.37. The molecule has 0 aliphatic heterocycles. The number of rotatable bonds is 14. The van der Waals surface area contributed by atoms with Gasteiger partial charge in [0.15, 0.2) is 23.3 Å². The van der Waals surface area contributed by atoms with Gasteiger partial charge in [0.2, 0.25) is 0 Å². The van der Waals surface area contributed by atoms with Gasteiger partial charge in [0.05, 0.1) is 0 Å². The lowest BCUT2D eigenvalue weighted by Crippen LogP contribution is -2.07. The zero-order valence-corrected chi connectivity index (χ0v) is 25.1. The van der Waals surface area contributed by atoms with Crippen molar-refractivity contribution in [3.05, 3.63) is 101 Å². The van der Waals surface area contributed by atoms with E-state index in [4.69, 9.17) is 0 Å². The van der Waals surface area contributed by atoms with Crippen molar-refractivity contribution in [3.63, 3.8) is 0 Å². The van der Waals surface area contributed by atoms with Crippen molar-refractivity contribution >= 4 is 5.57 Å². The van der Waals surface area contributed by atoms with E-state index in [0.29, 0.717) is 34.6 Å². The van der Waals surface area contributed by atoms with Crippen molar-refractivity contribution in [1.82, 2.24) is 0 Å². The molecule has 0 aromatic heterocycles. The molecule has 3 aromatic rings. The van der Waals surface area contributed by atoms with E-state index >= 15 is 8.78 Å². The Bertz CT molecular complexity index is 1370. The Balaban J connectivity index is 1.41. The molecule has 0 N–H and O–H groups in total. The number of hydrogen-bond donors (Lipinski definition) is 0. The largest absolute Gasteiger partial charge is 0.203 e. The molecule has 3 aromatic carbocycles. The Kier molecular flexibility index (Phi) is 12.0. The average molecular weight is 577 g/mol. The van der Waals surface area contributed by atoms with Crippen LogP contribution in [0.2, 0.25) is 0 Å². The van der Waals surface area contributed by atoms with Gasteiger partial charge in [0, 0.05) is 16.7 Å². The highest BCUT2D eigenvalue weighted by molar-refractivity contribution is 5.74. The molecule has 0 fully saturated rings. The van der Waals surface area contributed by atoms with E-state index in [1.54, 1.807) is 48.5 Å². The number of benzene rings is 3. The number of halogens is 4. The number of unbranched alkanes of at least 4 members (excludes halogenated alkanes) is 6. The standard InChI is InChI=1S/C38H44F4/c1-3-5-7-9-10-11-13-27-15-17-28(18-16-27)33-25-26-34(38(42)37(33)41)30-21-19-29(20-22-30)32-24-23-31(35(39)36(32)40)14-12-8-6-4-2/h4,6,17,19-27H,3,5,7-16,18H2,1-2H3. The Morgan fingerprint density at radius 1 is 0.690 bits per heavy atom. The van der Waals surface area contributed by atoms with Crippen LogP contribution in [0.25, 0.3) is 27.8 Å². The first-order chi connectivity index (χ1) is 20.4. The van der Waals surface area contributed by atoms with Gasteiger partial charge in [-0.05, 0) is 73.6 Å². The van der Waals surface area contributed by atoms with Gasteiger partial charge in [-0.3, -0.25) is 0 Å². The van der Waals surface area contributed by atoms with Gasteiger partial charge in [-0.15, -0.1) is 0 Å². The van der Waals surface area contributed by atoms with Crippen molar-refractivity contribution in [1.29, 1.82) is 0 Å². The van der Waals surface area contributed by atoms with Crippen LogP contribution in [0.3, 0.4) is 0 Å². The summed E-state index contributed by atoms with van der Waals surface area (Å²) in [7, 11) is 0. The van der Waals surface area contributed by atoms with Crippen molar-refractivity contribution < 1.29 is 17.6 Å². The minimum atomic E-state index is -0.886. The third kappa shape index (κ3) is 8.02. The summed E-state index contributed by atoms with van der Waals surface area (Å²) in [5.41, 5.74) is 2.86. The minimum Gasteiger partial charge on any atom is -0.203 e. The first-order valence-corrected chi connectivity index (χ1v) is 15.8. The molecule has 1 atom stereocenters. The lowest BCUT2D eigenvalue weighted by molar-refractivity contribution is 0.422. The van der Waals surface area contributed by atoms with Gasteiger partial charge in [-0.1, -0.05) is 119 Å². The zero-order valence-electron chi connectivity index (χ0n) is 25.1. The fourth-order valence-corrected chi connectivity index (χ4v) is 6.04. The molecule has 0 amide bonds. The molecule has 0 saturated heterocycles. The first kappa shape index (κ1) is 31.8. The second kappa shape index (κ2) is 15.9. The predicted molar refractivity (Wildman–Crippen MR) is 168 cm³/mol. The van der Waals surface area contributed by atoms with E-state index in [0.717, 1.165) is 37.7 Å². The summed E-state index contributed by atoms with van der Waals surface area (Å²) in [6, 6.07) is 13.0. The number of aryl methyl sites for hydroxylation is 1. The molecule has 1 aliphatic carbocycles. The minimum absolute atomic E-state index is 0.150. The monoisotopic (exact) mass is 576 g/mol. The van der Waals surface area contributed by atoms with Gasteiger partial charge in [0.1, 0.15) is 0 Å². The zero-order chi connectivity index (χ0) is 29.9. The predicted octanol–water partition coefficient (Wildman–Crippen LogP) is 12.4. The number of hydrogen-bond acceptors (Lipinski definition) is 0. The molecule has 1 unspecified atom stereocenters. The van der Waals surface area contributed by atoms with Crippen LogP contribution in [0.4, 0.5) is 17.6 Å². The lowest BCUT2D eigenvalue weighted by atomic mass is 9.83. The Labute approximate surface area is 249 Å². The van der Waals surface area contributed by atoms with E-state index < -0.39 is 23.3 Å². The van der Waals surface area contributed by atoms with Crippen LogP contribution < -0.4 is 0 Å².